The SMILES string of the molecule is CCOc1ccc2ccccc2c1/C=N/NC(=O)C12CC3CC(C)(CC(C)(C3)C1)C2. The van der Waals surface area contributed by atoms with Crippen LogP contribution in [-0.2, 0) is 4.79 Å². The van der Waals surface area contributed by atoms with E-state index in [9.17, 15) is 4.79 Å². The Labute approximate surface area is 179 Å². The van der Waals surface area contributed by atoms with Crippen LogP contribution >= 0.6 is 0 Å². The molecule has 6 rings (SSSR count). The molecule has 30 heavy (non-hydrogen) atoms. The molecular weight excluding hydrogens is 372 g/mol. The summed E-state index contributed by atoms with van der Waals surface area (Å²) in [7, 11) is 0. The van der Waals surface area contributed by atoms with Crippen LogP contribution in [-0.4, -0.2) is 18.7 Å². The number of fused-ring (bicyclic) bond motifs is 1. The number of hydrogen-bond donors (Lipinski definition) is 1. The third-order valence-electron chi connectivity index (χ3n) is 7.70. The van der Waals surface area contributed by atoms with Crippen molar-refractivity contribution >= 4 is 22.9 Å². The molecule has 158 valence electrons. The minimum Gasteiger partial charge on any atom is -0.493 e. The van der Waals surface area contributed by atoms with Gasteiger partial charge in [-0.3, -0.25) is 4.79 Å². The van der Waals surface area contributed by atoms with Crippen LogP contribution in [0.4, 0.5) is 0 Å². The first kappa shape index (κ1) is 19.6. The largest absolute Gasteiger partial charge is 0.493 e. The first-order valence-electron chi connectivity index (χ1n) is 11.3. The van der Waals surface area contributed by atoms with E-state index < -0.39 is 0 Å². The summed E-state index contributed by atoms with van der Waals surface area (Å²) in [5.74, 6) is 1.59. The molecule has 0 saturated heterocycles. The van der Waals surface area contributed by atoms with Gasteiger partial charge in [-0.2, -0.15) is 5.10 Å². The quantitative estimate of drug-likeness (QED) is 0.514. The molecule has 4 aliphatic rings. The van der Waals surface area contributed by atoms with Crippen molar-refractivity contribution < 1.29 is 9.53 Å². The van der Waals surface area contributed by atoms with Gasteiger partial charge < -0.3 is 4.74 Å². The van der Waals surface area contributed by atoms with E-state index in [1.54, 1.807) is 6.21 Å². The van der Waals surface area contributed by atoms with Crippen LogP contribution in [0.2, 0.25) is 0 Å². The zero-order valence-corrected chi connectivity index (χ0v) is 18.3. The van der Waals surface area contributed by atoms with Crippen LogP contribution in [0.3, 0.4) is 0 Å². The highest BCUT2D eigenvalue weighted by molar-refractivity contribution is 6.02. The summed E-state index contributed by atoms with van der Waals surface area (Å²) in [6.45, 7) is 7.36. The summed E-state index contributed by atoms with van der Waals surface area (Å²) < 4.78 is 5.83. The minimum absolute atomic E-state index is 0.110. The molecule has 4 saturated carbocycles. The first-order valence-corrected chi connectivity index (χ1v) is 11.3. The predicted octanol–water partition coefficient (Wildman–Crippen LogP) is 5.69. The maximum Gasteiger partial charge on any atom is 0.246 e. The van der Waals surface area contributed by atoms with E-state index in [2.05, 4.69) is 42.6 Å². The Morgan fingerprint density at radius 1 is 1.10 bits per heavy atom. The average molecular weight is 405 g/mol. The zero-order chi connectivity index (χ0) is 21.0. The van der Waals surface area contributed by atoms with Gasteiger partial charge in [0.2, 0.25) is 5.91 Å². The van der Waals surface area contributed by atoms with Crippen LogP contribution in [0.25, 0.3) is 10.8 Å². The second-order valence-corrected chi connectivity index (χ2v) is 10.7. The summed E-state index contributed by atoms with van der Waals surface area (Å²) in [6.07, 6.45) is 8.64. The fraction of sp³-hybridized carbons (Fsp3) is 0.538. The molecule has 2 aromatic rings. The molecule has 0 aromatic heterocycles. The maximum atomic E-state index is 13.4. The number of ether oxygens (including phenoxy) is 1. The van der Waals surface area contributed by atoms with Crippen molar-refractivity contribution in [1.82, 2.24) is 5.43 Å². The van der Waals surface area contributed by atoms with E-state index in [0.717, 1.165) is 41.3 Å². The Bertz CT molecular complexity index is 1010. The summed E-state index contributed by atoms with van der Waals surface area (Å²) in [5.41, 5.74) is 4.22. The number of nitrogens with one attached hydrogen (secondary N) is 1. The van der Waals surface area contributed by atoms with Crippen LogP contribution in [0.1, 0.15) is 64.9 Å². The monoisotopic (exact) mass is 404 g/mol. The third-order valence-corrected chi connectivity index (χ3v) is 7.70. The van der Waals surface area contributed by atoms with E-state index >= 15 is 0 Å². The molecule has 4 nitrogen and oxygen atoms in total. The lowest BCUT2D eigenvalue weighted by atomic mass is 9.40. The molecule has 0 heterocycles. The van der Waals surface area contributed by atoms with Crippen molar-refractivity contribution in [3.8, 4) is 5.75 Å². The van der Waals surface area contributed by atoms with Crippen molar-refractivity contribution in [3.05, 3.63) is 42.0 Å². The van der Waals surface area contributed by atoms with Gasteiger partial charge in [0.15, 0.2) is 0 Å². The number of carbonyl (C=O) groups excluding carboxylic acids is 1. The summed E-state index contributed by atoms with van der Waals surface area (Å²) in [6, 6.07) is 12.2. The van der Waals surface area contributed by atoms with Crippen molar-refractivity contribution in [2.24, 2.45) is 27.3 Å². The van der Waals surface area contributed by atoms with Crippen molar-refractivity contribution in [1.29, 1.82) is 0 Å². The van der Waals surface area contributed by atoms with Gasteiger partial charge in [-0.15, -0.1) is 0 Å². The van der Waals surface area contributed by atoms with E-state index in [1.165, 1.54) is 19.3 Å². The second kappa shape index (κ2) is 6.83. The zero-order valence-electron chi connectivity index (χ0n) is 18.3. The molecule has 0 radical (unpaired) electrons. The number of rotatable bonds is 5. The highest BCUT2D eigenvalue weighted by atomic mass is 16.5. The Morgan fingerprint density at radius 3 is 2.53 bits per heavy atom. The predicted molar refractivity (Wildman–Crippen MR) is 121 cm³/mol. The van der Waals surface area contributed by atoms with Gasteiger partial charge in [0.25, 0.3) is 0 Å². The number of hydrazone groups is 1. The smallest absolute Gasteiger partial charge is 0.246 e. The highest BCUT2D eigenvalue weighted by Crippen LogP contribution is 2.69. The molecule has 4 aliphatic carbocycles. The molecular formula is C26H32N2O2. The van der Waals surface area contributed by atoms with E-state index in [4.69, 9.17) is 4.74 Å². The second-order valence-electron chi connectivity index (χ2n) is 10.7. The van der Waals surface area contributed by atoms with Gasteiger partial charge >= 0.3 is 0 Å². The molecule has 2 aromatic carbocycles. The summed E-state index contributed by atoms with van der Waals surface area (Å²) in [5, 5.41) is 6.65. The standard InChI is InChI=1S/C26H32N2O2/c1-4-30-22-10-9-19-7-5-6-8-20(19)21(22)14-27-28-23(29)26-13-18-11-24(2,16-26)15-25(3,12-18)17-26/h5-10,14,18H,4,11-13,15-17H2,1-3H3,(H,28,29)/b27-14+. The Balaban J connectivity index is 1.41. The number of nitrogens with zero attached hydrogens (tertiary/aromatic N) is 1. The number of carbonyl (C=O) groups is 1. The topological polar surface area (TPSA) is 50.7 Å². The lowest BCUT2D eigenvalue weighted by Gasteiger charge is -2.64. The van der Waals surface area contributed by atoms with E-state index in [0.29, 0.717) is 23.4 Å². The lowest BCUT2D eigenvalue weighted by Crippen LogP contribution is -2.59. The summed E-state index contributed by atoms with van der Waals surface area (Å²) in [4.78, 5) is 13.4. The first-order chi connectivity index (χ1) is 14.3. The normalized spacial score (nSPS) is 34.6. The number of amides is 1. The minimum atomic E-state index is -0.248. The molecule has 1 amide bonds. The summed E-state index contributed by atoms with van der Waals surface area (Å²) >= 11 is 0. The molecule has 4 heteroatoms. The van der Waals surface area contributed by atoms with E-state index in [1.807, 2.05) is 25.1 Å². The van der Waals surface area contributed by atoms with Crippen molar-refractivity contribution in [2.75, 3.05) is 6.61 Å². The van der Waals surface area contributed by atoms with Crippen LogP contribution in [0, 0.1) is 22.2 Å². The molecule has 0 aliphatic heterocycles. The molecule has 2 unspecified atom stereocenters. The van der Waals surface area contributed by atoms with Gasteiger partial charge in [-0.05, 0) is 79.0 Å². The third kappa shape index (κ3) is 3.21. The molecule has 0 spiro atoms. The van der Waals surface area contributed by atoms with Gasteiger partial charge in [-0.25, -0.2) is 5.43 Å². The van der Waals surface area contributed by atoms with Gasteiger partial charge in [-0.1, -0.05) is 44.2 Å². The Kier molecular flexibility index (Phi) is 4.46. The maximum absolute atomic E-state index is 13.4. The molecule has 4 bridgehead atoms. The van der Waals surface area contributed by atoms with Gasteiger partial charge in [0.1, 0.15) is 5.75 Å². The fourth-order valence-electron chi connectivity index (χ4n) is 7.67. The van der Waals surface area contributed by atoms with Crippen LogP contribution in [0.15, 0.2) is 41.5 Å². The Hall–Kier alpha value is -2.36. The molecule has 4 fully saturated rings. The van der Waals surface area contributed by atoms with Crippen molar-refractivity contribution in [3.63, 3.8) is 0 Å². The Morgan fingerprint density at radius 2 is 1.83 bits per heavy atom. The van der Waals surface area contributed by atoms with Gasteiger partial charge in [0.05, 0.1) is 18.2 Å². The van der Waals surface area contributed by atoms with Gasteiger partial charge in [0, 0.05) is 5.56 Å². The fourth-order valence-corrected chi connectivity index (χ4v) is 7.67. The molecule has 2 atom stereocenters. The van der Waals surface area contributed by atoms with Crippen LogP contribution < -0.4 is 10.2 Å². The van der Waals surface area contributed by atoms with Crippen molar-refractivity contribution in [2.45, 2.75) is 59.3 Å². The average Bonchev–Trinajstić information content (AvgIpc) is 2.66. The highest BCUT2D eigenvalue weighted by Gasteiger charge is 2.62. The molecule has 1 N–H and O–H groups in total. The van der Waals surface area contributed by atoms with Crippen LogP contribution in [0.5, 0.6) is 5.75 Å². The number of hydrogen-bond acceptors (Lipinski definition) is 3. The van der Waals surface area contributed by atoms with E-state index in [-0.39, 0.29) is 11.3 Å². The number of benzene rings is 2. The lowest BCUT2D eigenvalue weighted by molar-refractivity contribution is -0.170.